The Balaban J connectivity index is 1.25. The zero-order valence-electron chi connectivity index (χ0n) is 22.9. The molecule has 1 aromatic carbocycles. The number of benzene rings is 1. The zero-order chi connectivity index (χ0) is 30.4. The van der Waals surface area contributed by atoms with Crippen molar-refractivity contribution in [1.29, 1.82) is 0 Å². The number of carbonyl (C=O) groups is 1. The van der Waals surface area contributed by atoms with Crippen LogP contribution in [0.5, 0.6) is 5.75 Å². The van der Waals surface area contributed by atoms with Gasteiger partial charge in [-0.25, -0.2) is 18.3 Å². The summed E-state index contributed by atoms with van der Waals surface area (Å²) >= 11 is 0. The minimum atomic E-state index is -3.16. The second kappa shape index (κ2) is 11.3. The van der Waals surface area contributed by atoms with Gasteiger partial charge >= 0.3 is 6.61 Å². The number of carbonyl (C=O) groups excluding carboxylic acids is 1. The monoisotopic (exact) mass is 608 g/mol. The molecule has 0 spiro atoms. The molecule has 5 heterocycles. The first-order valence-electron chi connectivity index (χ1n) is 13.8. The summed E-state index contributed by atoms with van der Waals surface area (Å²) in [4.78, 5) is 19.3. The fourth-order valence-corrected chi connectivity index (χ4v) is 5.42. The largest absolute Gasteiger partial charge is 0.434 e. The third-order valence-electron chi connectivity index (χ3n) is 7.52. The Bertz CT molecular complexity index is 1870. The number of alkyl halides is 4. The van der Waals surface area contributed by atoms with E-state index in [1.807, 2.05) is 0 Å². The summed E-state index contributed by atoms with van der Waals surface area (Å²) < 4.78 is 61.1. The number of tetrazole rings is 1. The maximum atomic E-state index is 13.5. The summed E-state index contributed by atoms with van der Waals surface area (Å²) in [5.41, 5.74) is 2.13. The number of rotatable bonds is 11. The van der Waals surface area contributed by atoms with Crippen molar-refractivity contribution in [3.63, 3.8) is 0 Å². The highest BCUT2D eigenvalue weighted by atomic mass is 19.3. The number of allylic oxidation sites excluding steroid dienone is 2. The molecule has 5 aromatic rings. The third-order valence-corrected chi connectivity index (χ3v) is 7.52. The second-order valence-corrected chi connectivity index (χ2v) is 10.5. The van der Waals surface area contributed by atoms with Gasteiger partial charge in [0.2, 0.25) is 6.43 Å². The molecule has 1 fully saturated rings. The van der Waals surface area contributed by atoms with Crippen molar-refractivity contribution in [2.45, 2.75) is 44.4 Å². The SMILES string of the molecule is O=C(C1=CC1c1cn(Cc2nnn(C3CCNC3)n2)nc1-c1cc(CC(F)F)ccc1OC(F)F)c1cnn2cccnc12. The summed E-state index contributed by atoms with van der Waals surface area (Å²) in [6.07, 6.45) is 5.66. The number of nitrogens with zero attached hydrogens (tertiary/aromatic N) is 9. The van der Waals surface area contributed by atoms with Gasteiger partial charge < -0.3 is 10.1 Å². The summed E-state index contributed by atoms with van der Waals surface area (Å²) in [5, 5.41) is 24.8. The summed E-state index contributed by atoms with van der Waals surface area (Å²) in [7, 11) is 0. The molecule has 1 aliphatic carbocycles. The molecule has 0 saturated carbocycles. The Morgan fingerprint density at radius 2 is 2.07 bits per heavy atom. The molecule has 1 aliphatic heterocycles. The predicted octanol–water partition coefficient (Wildman–Crippen LogP) is 3.48. The minimum absolute atomic E-state index is 0.0743. The highest BCUT2D eigenvalue weighted by molar-refractivity contribution is 6.16. The fraction of sp³-hybridized carbons (Fsp3) is 0.321. The zero-order valence-corrected chi connectivity index (χ0v) is 22.9. The molecule has 1 N–H and O–H groups in total. The Kier molecular flexibility index (Phi) is 7.12. The number of ether oxygens (including phenoxy) is 1. The molecule has 2 atom stereocenters. The third kappa shape index (κ3) is 5.43. The number of hydrogen-bond donors (Lipinski definition) is 1. The maximum Gasteiger partial charge on any atom is 0.387 e. The number of ketones is 1. The van der Waals surface area contributed by atoms with E-state index in [1.165, 1.54) is 33.6 Å². The van der Waals surface area contributed by atoms with E-state index in [0.717, 1.165) is 19.5 Å². The number of fused-ring (bicyclic) bond motifs is 1. The maximum absolute atomic E-state index is 13.5. The van der Waals surface area contributed by atoms with Gasteiger partial charge in [-0.15, -0.1) is 10.2 Å². The van der Waals surface area contributed by atoms with Crippen LogP contribution in [0, 0.1) is 0 Å². The number of nitrogens with one attached hydrogen (secondary N) is 1. The lowest BCUT2D eigenvalue weighted by atomic mass is 9.98. The normalized spacial score (nSPS) is 18.0. The van der Waals surface area contributed by atoms with Gasteiger partial charge in [-0.1, -0.05) is 12.1 Å². The van der Waals surface area contributed by atoms with Gasteiger partial charge in [0.05, 0.1) is 17.8 Å². The highest BCUT2D eigenvalue weighted by Crippen LogP contribution is 2.46. The first-order valence-corrected chi connectivity index (χ1v) is 13.8. The fourth-order valence-electron chi connectivity index (χ4n) is 5.42. The molecule has 0 amide bonds. The van der Waals surface area contributed by atoms with Crippen molar-refractivity contribution >= 4 is 11.4 Å². The average Bonchev–Trinajstić information content (AvgIpc) is 3.49. The van der Waals surface area contributed by atoms with E-state index < -0.39 is 25.4 Å². The molecule has 2 unspecified atom stereocenters. The average molecular weight is 609 g/mol. The Labute approximate surface area is 246 Å². The molecule has 4 aromatic heterocycles. The Morgan fingerprint density at radius 3 is 2.86 bits per heavy atom. The van der Waals surface area contributed by atoms with E-state index in [-0.39, 0.29) is 40.9 Å². The molecular weight excluding hydrogens is 584 g/mol. The molecule has 7 rings (SSSR count). The smallest absolute Gasteiger partial charge is 0.387 e. The molecule has 16 heteroatoms. The topological polar surface area (TPSA) is 130 Å². The molecular formula is C28H24F4N10O2. The van der Waals surface area contributed by atoms with Crippen molar-refractivity contribution < 1.29 is 27.1 Å². The molecule has 44 heavy (non-hydrogen) atoms. The van der Waals surface area contributed by atoms with Gasteiger partial charge in [-0.3, -0.25) is 9.48 Å². The van der Waals surface area contributed by atoms with Crippen molar-refractivity contribution in [1.82, 2.24) is 49.9 Å². The van der Waals surface area contributed by atoms with Gasteiger partial charge in [0.1, 0.15) is 18.0 Å². The number of Topliss-reactive ketones (excluding diaryl/α,β-unsaturated/α-hetero) is 1. The number of halogens is 4. The number of aromatic nitrogens is 9. The lowest BCUT2D eigenvalue weighted by molar-refractivity contribution is -0.0494. The van der Waals surface area contributed by atoms with E-state index in [4.69, 9.17) is 4.74 Å². The van der Waals surface area contributed by atoms with Crippen LogP contribution in [-0.2, 0) is 13.0 Å². The van der Waals surface area contributed by atoms with Crippen LogP contribution in [0.4, 0.5) is 17.6 Å². The standard InChI is InChI=1S/C28H24F4N10O2/c29-23(30)9-15-2-3-22(44-28(31)32)19(8-15)25-21(13-40(38-25)14-24-36-39-42(37-24)16-4-6-33-11-16)17-10-18(17)26(43)20-12-35-41-7-1-5-34-27(20)41/h1-3,5,7-8,10,12-13,16-17,23,28,33H,4,6,9,11,14H2. The molecule has 1 saturated heterocycles. The molecule has 0 radical (unpaired) electrons. The second-order valence-electron chi connectivity index (χ2n) is 10.5. The summed E-state index contributed by atoms with van der Waals surface area (Å²) in [6, 6.07) is 5.66. The van der Waals surface area contributed by atoms with Gasteiger partial charge in [-0.05, 0) is 41.9 Å². The van der Waals surface area contributed by atoms with Crippen molar-refractivity contribution in [3.8, 4) is 17.0 Å². The lowest BCUT2D eigenvalue weighted by Gasteiger charge is -2.13. The van der Waals surface area contributed by atoms with Crippen LogP contribution in [0.2, 0.25) is 0 Å². The Morgan fingerprint density at radius 1 is 1.18 bits per heavy atom. The van der Waals surface area contributed by atoms with Gasteiger partial charge in [-0.2, -0.15) is 23.8 Å². The Hall–Kier alpha value is -4.99. The van der Waals surface area contributed by atoms with E-state index in [1.54, 1.807) is 35.5 Å². The van der Waals surface area contributed by atoms with E-state index in [9.17, 15) is 22.4 Å². The summed E-state index contributed by atoms with van der Waals surface area (Å²) in [5.74, 6) is -0.697. The van der Waals surface area contributed by atoms with Crippen LogP contribution in [0.15, 0.2) is 60.7 Å². The quantitative estimate of drug-likeness (QED) is 0.177. The summed E-state index contributed by atoms with van der Waals surface area (Å²) in [6.45, 7) is -1.51. The molecule has 226 valence electrons. The van der Waals surface area contributed by atoms with Crippen LogP contribution in [-0.4, -0.2) is 76.5 Å². The molecule has 2 aliphatic rings. The van der Waals surface area contributed by atoms with Crippen molar-refractivity contribution in [2.75, 3.05) is 13.1 Å². The first-order chi connectivity index (χ1) is 21.3. The van der Waals surface area contributed by atoms with Crippen LogP contribution < -0.4 is 10.1 Å². The van der Waals surface area contributed by atoms with Crippen LogP contribution in [0.3, 0.4) is 0 Å². The van der Waals surface area contributed by atoms with Crippen LogP contribution in [0.25, 0.3) is 16.9 Å². The van der Waals surface area contributed by atoms with Gasteiger partial charge in [0.15, 0.2) is 17.3 Å². The highest BCUT2D eigenvalue weighted by Gasteiger charge is 2.38. The minimum Gasteiger partial charge on any atom is -0.434 e. The lowest BCUT2D eigenvalue weighted by Crippen LogP contribution is -2.16. The predicted molar refractivity (Wildman–Crippen MR) is 146 cm³/mol. The van der Waals surface area contributed by atoms with Crippen molar-refractivity contribution in [3.05, 3.63) is 83.2 Å². The first kappa shape index (κ1) is 27.8. The van der Waals surface area contributed by atoms with Crippen LogP contribution >= 0.6 is 0 Å². The number of hydrogen-bond acceptors (Lipinski definition) is 9. The van der Waals surface area contributed by atoms with Crippen LogP contribution in [0.1, 0.15) is 45.7 Å². The van der Waals surface area contributed by atoms with E-state index in [0.29, 0.717) is 28.2 Å². The van der Waals surface area contributed by atoms with E-state index in [2.05, 4.69) is 35.9 Å². The van der Waals surface area contributed by atoms with E-state index >= 15 is 0 Å². The van der Waals surface area contributed by atoms with Gasteiger partial charge in [0, 0.05) is 54.2 Å². The van der Waals surface area contributed by atoms with Crippen molar-refractivity contribution in [2.24, 2.45) is 0 Å². The molecule has 0 bridgehead atoms. The van der Waals surface area contributed by atoms with Gasteiger partial charge in [0.25, 0.3) is 0 Å². The molecule has 12 nitrogen and oxygen atoms in total.